The van der Waals surface area contributed by atoms with Gasteiger partial charge in [0.1, 0.15) is 0 Å². The summed E-state index contributed by atoms with van der Waals surface area (Å²) < 4.78 is 6.44. The molecule has 0 aliphatic carbocycles. The molecule has 0 saturated heterocycles. The number of carbonyl (C=O) groups is 1. The Labute approximate surface area is 223 Å². The molecule has 2 aromatic heterocycles. The van der Waals surface area contributed by atoms with E-state index in [0.29, 0.717) is 44.5 Å². The normalized spacial score (nSPS) is 11.0. The molecule has 10 nitrogen and oxygen atoms in total. The van der Waals surface area contributed by atoms with Gasteiger partial charge in [0.25, 0.3) is 0 Å². The molecule has 0 saturated carbocycles. The number of halogens is 2. The Bertz CT molecular complexity index is 1410. The van der Waals surface area contributed by atoms with E-state index in [1.807, 2.05) is 48.5 Å². The van der Waals surface area contributed by atoms with Crippen molar-refractivity contribution < 1.29 is 15.0 Å². The lowest BCUT2D eigenvalue weighted by Crippen LogP contribution is -2.35. The van der Waals surface area contributed by atoms with E-state index in [1.54, 1.807) is 25.2 Å². The molecular weight excluding hydrogens is 521 g/mol. The number of hydrogen-bond donors (Lipinski definition) is 2. The molecule has 0 radical (unpaired) electrons. The second-order valence-corrected chi connectivity index (χ2v) is 8.87. The molecule has 12 heteroatoms. The molecule has 2 aromatic carbocycles. The molecule has 200 valence electrons. The van der Waals surface area contributed by atoms with E-state index in [0.717, 1.165) is 22.1 Å². The zero-order valence-electron chi connectivity index (χ0n) is 20.6. The first-order chi connectivity index (χ1) is 17.9. The van der Waals surface area contributed by atoms with Gasteiger partial charge in [-0.05, 0) is 31.2 Å². The minimum absolute atomic E-state index is 0.0468. The molecule has 1 amide bonds. The number of nitrogens with zero attached hydrogens (tertiary/aromatic N) is 5. The van der Waals surface area contributed by atoms with Crippen molar-refractivity contribution in [2.45, 2.75) is 33.1 Å². The Morgan fingerprint density at radius 1 is 0.757 bits per heavy atom. The van der Waals surface area contributed by atoms with Crippen LogP contribution in [0.2, 0.25) is 0 Å². The summed E-state index contributed by atoms with van der Waals surface area (Å²) in [4.78, 5) is 36.8. The third kappa shape index (κ3) is 6.20. The summed E-state index contributed by atoms with van der Waals surface area (Å²) in [6.07, 6.45) is -0.977. The van der Waals surface area contributed by atoms with Crippen LogP contribution in [-0.2, 0) is 26.2 Å². The van der Waals surface area contributed by atoms with Gasteiger partial charge in [0, 0.05) is 44.5 Å². The van der Waals surface area contributed by atoms with Crippen LogP contribution in [0.4, 0.5) is 4.79 Å². The number of fused-ring (bicyclic) bond motifs is 2. The van der Waals surface area contributed by atoms with Crippen molar-refractivity contribution in [3.63, 3.8) is 0 Å². The molecule has 0 fully saturated rings. The molecule has 4 rings (SSSR count). The first kappa shape index (κ1) is 28.4. The summed E-state index contributed by atoms with van der Waals surface area (Å²) in [7, 11) is 0. The Morgan fingerprint density at radius 2 is 1.14 bits per heavy atom. The monoisotopic (exact) mass is 551 g/mol. The van der Waals surface area contributed by atoms with Crippen LogP contribution < -0.4 is 11.4 Å². The number of imidazole rings is 2. The summed E-state index contributed by atoms with van der Waals surface area (Å²) in [5.74, 6) is 0.747. The quantitative estimate of drug-likeness (QED) is 0.294. The average Bonchev–Trinajstić information content (AvgIpc) is 3.32. The lowest BCUT2D eigenvalue weighted by Gasteiger charge is -2.16. The highest BCUT2D eigenvalue weighted by molar-refractivity contribution is 6.18. The fourth-order valence-electron chi connectivity index (χ4n) is 4.29. The molecule has 4 aromatic rings. The zero-order chi connectivity index (χ0) is 26.9. The van der Waals surface area contributed by atoms with Crippen LogP contribution in [0.5, 0.6) is 0 Å². The van der Waals surface area contributed by atoms with E-state index >= 15 is 0 Å². The van der Waals surface area contributed by atoms with Gasteiger partial charge in [-0.1, -0.05) is 24.3 Å². The van der Waals surface area contributed by atoms with Gasteiger partial charge in [-0.25, -0.2) is 14.4 Å². The van der Waals surface area contributed by atoms with Gasteiger partial charge in [0.05, 0.1) is 35.2 Å². The molecule has 37 heavy (non-hydrogen) atoms. The number of benzene rings is 2. The maximum absolute atomic E-state index is 12.5. The smallest absolute Gasteiger partial charge is 0.407 e. The Kier molecular flexibility index (Phi) is 10.2. The number of aryl methyl sites for hydroxylation is 2. The standard InChI is InChI=1S/C14H18ClN3O3.C11H13ClN2O2/c1-2-16(14(20)21)9-10-18-12-6-4-3-5-11(12)17(8-7-15)13(18)19;12-5-6-13-9-3-1-2-4-10(9)14(7-8-15)11(13)16/h3-6H,2,7-10H2,1H3,(H,20,21);1-4,15H,5-8H2. The molecule has 2 heterocycles. The zero-order valence-corrected chi connectivity index (χ0v) is 22.1. The van der Waals surface area contributed by atoms with E-state index in [9.17, 15) is 14.4 Å². The molecule has 0 bridgehead atoms. The number of hydrogen-bond acceptors (Lipinski definition) is 4. The number of para-hydroxylation sites is 4. The number of carboxylic acid groups (broad SMARTS) is 1. The number of aliphatic hydroxyl groups is 1. The molecule has 0 aliphatic heterocycles. The highest BCUT2D eigenvalue weighted by atomic mass is 35.5. The third-order valence-corrected chi connectivity index (χ3v) is 6.37. The number of likely N-dealkylation sites (N-methyl/N-ethyl adjacent to an activating group) is 1. The number of rotatable bonds is 10. The van der Waals surface area contributed by atoms with Crippen LogP contribution in [-0.4, -0.2) is 70.9 Å². The number of alkyl halides is 2. The van der Waals surface area contributed by atoms with E-state index in [2.05, 4.69) is 0 Å². The SMILES string of the molecule is CCN(CCn1c(=O)n(CCCl)c2ccccc21)C(=O)O.O=c1n(CCO)c2ccccc2n1CCCl. The van der Waals surface area contributed by atoms with Crippen LogP contribution in [0.3, 0.4) is 0 Å². The van der Waals surface area contributed by atoms with Crippen LogP contribution in [0, 0.1) is 0 Å². The van der Waals surface area contributed by atoms with Gasteiger partial charge < -0.3 is 15.1 Å². The van der Waals surface area contributed by atoms with Crippen LogP contribution in [0.15, 0.2) is 58.1 Å². The number of aliphatic hydroxyl groups excluding tert-OH is 1. The van der Waals surface area contributed by atoms with Crippen molar-refractivity contribution >= 4 is 51.4 Å². The fourth-order valence-corrected chi connectivity index (χ4v) is 4.63. The van der Waals surface area contributed by atoms with Crippen molar-refractivity contribution in [2.24, 2.45) is 0 Å². The maximum atomic E-state index is 12.5. The van der Waals surface area contributed by atoms with Gasteiger partial charge >= 0.3 is 17.5 Å². The summed E-state index contributed by atoms with van der Waals surface area (Å²) in [5, 5.41) is 18.0. The molecule has 2 N–H and O–H groups in total. The largest absolute Gasteiger partial charge is 0.465 e. The van der Waals surface area contributed by atoms with E-state index in [1.165, 1.54) is 4.90 Å². The number of aromatic nitrogens is 4. The molecule has 0 atom stereocenters. The van der Waals surface area contributed by atoms with Crippen molar-refractivity contribution in [3.8, 4) is 0 Å². The molecule has 0 spiro atoms. The molecule has 0 aliphatic rings. The maximum Gasteiger partial charge on any atom is 0.407 e. The topological polar surface area (TPSA) is 115 Å². The first-order valence-corrected chi connectivity index (χ1v) is 13.0. The van der Waals surface area contributed by atoms with Gasteiger partial charge in [-0.3, -0.25) is 18.3 Å². The Morgan fingerprint density at radius 3 is 1.46 bits per heavy atom. The second kappa shape index (κ2) is 13.4. The first-order valence-electron chi connectivity index (χ1n) is 12.0. The molecule has 0 unspecified atom stereocenters. The van der Waals surface area contributed by atoms with Crippen LogP contribution in [0.1, 0.15) is 6.92 Å². The predicted molar refractivity (Wildman–Crippen MR) is 146 cm³/mol. The predicted octanol–water partition coefficient (Wildman–Crippen LogP) is 3.08. The summed E-state index contributed by atoms with van der Waals surface area (Å²) in [6, 6.07) is 15.0. The molecular formula is C25H31Cl2N5O5. The van der Waals surface area contributed by atoms with Gasteiger partial charge in [-0.15, -0.1) is 23.2 Å². The van der Waals surface area contributed by atoms with Gasteiger partial charge in [0.15, 0.2) is 0 Å². The number of amides is 1. The highest BCUT2D eigenvalue weighted by Gasteiger charge is 2.15. The lowest BCUT2D eigenvalue weighted by molar-refractivity contribution is 0.146. The van der Waals surface area contributed by atoms with Gasteiger partial charge in [-0.2, -0.15) is 0 Å². The van der Waals surface area contributed by atoms with Crippen molar-refractivity contribution in [1.29, 1.82) is 0 Å². The summed E-state index contributed by atoms with van der Waals surface area (Å²) in [6.45, 7) is 3.96. The third-order valence-electron chi connectivity index (χ3n) is 6.04. The minimum Gasteiger partial charge on any atom is -0.465 e. The van der Waals surface area contributed by atoms with Crippen molar-refractivity contribution in [1.82, 2.24) is 23.2 Å². The Hall–Kier alpha value is -3.21. The summed E-state index contributed by atoms with van der Waals surface area (Å²) >= 11 is 11.4. The van der Waals surface area contributed by atoms with Gasteiger partial charge in [0.2, 0.25) is 0 Å². The Balaban J connectivity index is 0.000000213. The lowest BCUT2D eigenvalue weighted by atomic mass is 10.3. The van der Waals surface area contributed by atoms with Crippen molar-refractivity contribution in [3.05, 3.63) is 69.5 Å². The second-order valence-electron chi connectivity index (χ2n) is 8.11. The van der Waals surface area contributed by atoms with E-state index in [4.69, 9.17) is 33.4 Å². The average molecular weight is 552 g/mol. The summed E-state index contributed by atoms with van der Waals surface area (Å²) in [5.41, 5.74) is 3.05. The minimum atomic E-state index is -0.977. The van der Waals surface area contributed by atoms with Crippen molar-refractivity contribution in [2.75, 3.05) is 31.5 Å². The van der Waals surface area contributed by atoms with Crippen LogP contribution in [0.25, 0.3) is 22.1 Å². The van der Waals surface area contributed by atoms with Crippen LogP contribution >= 0.6 is 23.2 Å². The highest BCUT2D eigenvalue weighted by Crippen LogP contribution is 2.14. The van der Waals surface area contributed by atoms with E-state index in [-0.39, 0.29) is 24.5 Å². The van der Waals surface area contributed by atoms with E-state index < -0.39 is 6.09 Å². The fraction of sp³-hybridized carbons (Fsp3) is 0.400.